The minimum absolute atomic E-state index is 0.384. The van der Waals surface area contributed by atoms with Crippen molar-refractivity contribution < 1.29 is 2.76 Å². The van der Waals surface area contributed by atoms with Crippen LogP contribution in [-0.4, -0.2) is 38.6 Å². The molecule has 0 amide bonds. The van der Waals surface area contributed by atoms with Gasteiger partial charge in [0.05, 0.1) is 0 Å². The van der Waals surface area contributed by atoms with Crippen LogP contribution in [0.25, 0.3) is 0 Å². The summed E-state index contributed by atoms with van der Waals surface area (Å²) in [5.41, 5.74) is 0.384. The third-order valence-corrected chi connectivity index (χ3v) is 18.9. The second-order valence-electron chi connectivity index (χ2n) is 4.21. The van der Waals surface area contributed by atoms with Crippen LogP contribution in [0.15, 0.2) is 0 Å². The summed E-state index contributed by atoms with van der Waals surface area (Å²) in [4.78, 5) is 0. The third kappa shape index (κ3) is 1.57. The van der Waals surface area contributed by atoms with Crippen LogP contribution >= 0.6 is 0 Å². The summed E-state index contributed by atoms with van der Waals surface area (Å²) in [6.45, 7) is 11.4. The van der Waals surface area contributed by atoms with Gasteiger partial charge < -0.3 is 0 Å². The molecule has 2 nitrogen and oxygen atoms in total. The molecule has 0 aromatic carbocycles. The number of nitrogens with zero attached hydrogens (tertiary/aromatic N) is 1. The molecule has 0 unspecified atom stereocenters. The molecule has 0 spiro atoms. The van der Waals surface area contributed by atoms with E-state index in [0.29, 0.717) is 5.54 Å². The Morgan fingerprint density at radius 1 is 1.30 bits per heavy atom. The fourth-order valence-electron chi connectivity index (χ4n) is 1.28. The summed E-state index contributed by atoms with van der Waals surface area (Å²) in [5.74, 6) is 0. The van der Waals surface area contributed by atoms with Crippen LogP contribution in [0.2, 0.25) is 13.1 Å². The molecule has 0 aromatic rings. The topological polar surface area (TPSA) is 12.5 Å². The monoisotopic (exact) mass is 266 g/mol. The summed E-state index contributed by atoms with van der Waals surface area (Å²) in [6, 6.07) is 0. The van der Waals surface area contributed by atoms with E-state index in [1.807, 2.05) is 0 Å². The van der Waals surface area contributed by atoms with Crippen molar-refractivity contribution in [2.75, 3.05) is 0 Å². The Labute approximate surface area is 75.3 Å². The van der Waals surface area contributed by atoms with E-state index < -0.39 is 30.3 Å². The predicted molar refractivity (Wildman–Crippen MR) is 47.3 cm³/mol. The van der Waals surface area contributed by atoms with Crippen molar-refractivity contribution in [3.8, 4) is 0 Å². The zero-order valence-corrected chi connectivity index (χ0v) is 11.7. The van der Waals surface area contributed by atoms with Crippen LogP contribution in [0.5, 0.6) is 0 Å². The van der Waals surface area contributed by atoms with E-state index >= 15 is 0 Å². The molecule has 0 saturated carbocycles. The molecule has 59 valence electrons. The van der Waals surface area contributed by atoms with Gasteiger partial charge in [-0.05, 0) is 0 Å². The van der Waals surface area contributed by atoms with E-state index in [1.54, 1.807) is 0 Å². The average molecular weight is 265 g/mol. The Kier molecular flexibility index (Phi) is 2.23. The fraction of sp³-hybridized carbons (Fsp3) is 1.00. The van der Waals surface area contributed by atoms with Crippen molar-refractivity contribution in [1.82, 2.24) is 2.79 Å². The normalized spacial score (nSPS) is 26.1. The van der Waals surface area contributed by atoms with Crippen molar-refractivity contribution in [3.63, 3.8) is 0 Å². The van der Waals surface area contributed by atoms with Crippen molar-refractivity contribution in [3.05, 3.63) is 0 Å². The van der Waals surface area contributed by atoms with Gasteiger partial charge in [0.1, 0.15) is 0 Å². The Morgan fingerprint density at radius 3 is 1.80 bits per heavy atom. The molecule has 4 heteroatoms. The zero-order valence-electron chi connectivity index (χ0n) is 7.43. The van der Waals surface area contributed by atoms with Crippen LogP contribution in [0, 0.1) is 0 Å². The van der Waals surface area contributed by atoms with E-state index in [9.17, 15) is 0 Å². The Bertz CT molecular complexity index is 133. The molecular weight excluding hydrogens is 249 g/mol. The van der Waals surface area contributed by atoms with E-state index in [2.05, 4.69) is 36.7 Å². The minimum atomic E-state index is -1.30. The second kappa shape index (κ2) is 2.47. The van der Waals surface area contributed by atoms with E-state index in [4.69, 9.17) is 2.76 Å². The molecule has 1 aliphatic heterocycles. The standard InChI is InChI=1S/C6H15NOSi.Sn.H/c1-6(2,3)7-9(4,5)8;;/h1-5H3;;/q-2;+2;. The van der Waals surface area contributed by atoms with Gasteiger partial charge in [-0.25, -0.2) is 0 Å². The van der Waals surface area contributed by atoms with Gasteiger partial charge in [0.25, 0.3) is 0 Å². The maximum atomic E-state index is 5.71. The SMILES string of the molecule is CC(C)(C)[N]1[SnH][O][Si]1(C)C. The zero-order chi connectivity index (χ0) is 7.99. The van der Waals surface area contributed by atoms with Crippen molar-refractivity contribution in [2.24, 2.45) is 0 Å². The molecule has 1 radical (unpaired) electrons. The summed E-state index contributed by atoms with van der Waals surface area (Å²) >= 11 is -0.710. The Hall–Kier alpha value is 0.936. The fourth-order valence-corrected chi connectivity index (χ4v) is 9.85. The van der Waals surface area contributed by atoms with Crippen molar-refractivity contribution in [2.45, 2.75) is 39.4 Å². The van der Waals surface area contributed by atoms with E-state index in [1.165, 1.54) is 0 Å². The molecule has 1 aliphatic rings. The molecule has 1 saturated heterocycles. The van der Waals surface area contributed by atoms with Gasteiger partial charge in [0.2, 0.25) is 0 Å². The first-order chi connectivity index (χ1) is 4.34. The van der Waals surface area contributed by atoms with Crippen LogP contribution in [0.4, 0.5) is 0 Å². The van der Waals surface area contributed by atoms with Crippen LogP contribution in [0.1, 0.15) is 20.8 Å². The van der Waals surface area contributed by atoms with Gasteiger partial charge in [-0.15, -0.1) is 0 Å². The van der Waals surface area contributed by atoms with Crippen LogP contribution in [0.3, 0.4) is 0 Å². The molecule has 0 aromatic heterocycles. The van der Waals surface area contributed by atoms with Gasteiger partial charge in [-0.2, -0.15) is 0 Å². The van der Waals surface area contributed by atoms with E-state index in [-0.39, 0.29) is 0 Å². The first-order valence-corrected chi connectivity index (χ1v) is 9.32. The van der Waals surface area contributed by atoms with Crippen molar-refractivity contribution in [1.29, 1.82) is 0 Å². The summed E-state index contributed by atoms with van der Waals surface area (Å²) in [5, 5.41) is 0. The Balaban J connectivity index is 2.60. The van der Waals surface area contributed by atoms with Gasteiger partial charge in [0, 0.05) is 0 Å². The van der Waals surface area contributed by atoms with Crippen molar-refractivity contribution >= 4 is 30.3 Å². The number of hydrogen-bond donors (Lipinski definition) is 0. The molecule has 0 bridgehead atoms. The van der Waals surface area contributed by atoms with Crippen LogP contribution < -0.4 is 0 Å². The summed E-state index contributed by atoms with van der Waals surface area (Å²) in [7, 11) is -1.30. The van der Waals surface area contributed by atoms with E-state index in [0.717, 1.165) is 0 Å². The number of hydrogen-bond acceptors (Lipinski definition) is 2. The molecule has 0 aliphatic carbocycles. The predicted octanol–water partition coefficient (Wildman–Crippen LogP) is 1.09. The number of rotatable bonds is 0. The van der Waals surface area contributed by atoms with Gasteiger partial charge in [-0.1, -0.05) is 0 Å². The molecule has 1 fully saturated rings. The Morgan fingerprint density at radius 2 is 1.80 bits per heavy atom. The molecule has 1 rings (SSSR count). The van der Waals surface area contributed by atoms with Gasteiger partial charge >= 0.3 is 75.3 Å². The third-order valence-electron chi connectivity index (χ3n) is 1.75. The maximum absolute atomic E-state index is 5.71. The quantitative estimate of drug-likeness (QED) is 0.608. The molecular formula is C6H16NOSiSn. The first-order valence-electron chi connectivity index (χ1n) is 3.65. The summed E-state index contributed by atoms with van der Waals surface area (Å²) in [6.07, 6.45) is 0. The average Bonchev–Trinajstić information content (AvgIpc) is 1.58. The molecule has 0 N–H and O–H groups in total. The van der Waals surface area contributed by atoms with Crippen LogP contribution in [-0.2, 0) is 2.76 Å². The second-order valence-corrected chi connectivity index (χ2v) is 13.4. The molecule has 1 heterocycles. The molecule has 0 atom stereocenters. The van der Waals surface area contributed by atoms with Gasteiger partial charge in [0.15, 0.2) is 0 Å². The summed E-state index contributed by atoms with van der Waals surface area (Å²) < 4.78 is 8.37. The molecule has 10 heavy (non-hydrogen) atoms. The van der Waals surface area contributed by atoms with Gasteiger partial charge in [-0.3, -0.25) is 0 Å². The first kappa shape index (κ1) is 9.03.